The normalized spacial score (nSPS) is 35.9. The highest BCUT2D eigenvalue weighted by atomic mass is 15.1. The summed E-state index contributed by atoms with van der Waals surface area (Å²) in [5, 5.41) is 0. The lowest BCUT2D eigenvalue weighted by molar-refractivity contribution is 0.317. The lowest BCUT2D eigenvalue weighted by Crippen LogP contribution is -2.17. The standard InChI is InChI=1S/C10H14N2/c1-12-7-3-5-10(12)9-4-2-6-11-8-9/h2,4,6,8,10H,3,5,7H2,1H3/t10-/m0/s1/i2D,4D,5D2,6D,8D. The number of aromatic nitrogens is 1. The Labute approximate surface area is 81.7 Å². The van der Waals surface area contributed by atoms with E-state index in [1.807, 2.05) is 0 Å². The molecule has 1 aromatic rings. The second-order valence-electron chi connectivity index (χ2n) is 2.84. The minimum Gasteiger partial charge on any atom is -0.299 e. The van der Waals surface area contributed by atoms with Crippen LogP contribution in [-0.2, 0) is 0 Å². The second-order valence-corrected chi connectivity index (χ2v) is 2.84. The number of nitrogens with zero attached hydrogens (tertiary/aromatic N) is 2. The van der Waals surface area contributed by atoms with Crippen LogP contribution in [0.5, 0.6) is 0 Å². The minimum absolute atomic E-state index is 0.112. The van der Waals surface area contributed by atoms with E-state index in [2.05, 4.69) is 4.98 Å². The van der Waals surface area contributed by atoms with Gasteiger partial charge in [-0.1, -0.05) is 6.04 Å². The van der Waals surface area contributed by atoms with E-state index in [0.29, 0.717) is 13.0 Å². The molecule has 0 saturated carbocycles. The highest BCUT2D eigenvalue weighted by molar-refractivity contribution is 5.14. The van der Waals surface area contributed by atoms with E-state index in [1.165, 1.54) is 0 Å². The van der Waals surface area contributed by atoms with E-state index in [-0.39, 0.29) is 23.8 Å². The molecule has 1 saturated heterocycles. The van der Waals surface area contributed by atoms with Gasteiger partial charge in [-0.05, 0) is 38.0 Å². The zero-order valence-electron chi connectivity index (χ0n) is 12.9. The molecule has 2 heterocycles. The maximum atomic E-state index is 7.95. The van der Waals surface area contributed by atoms with E-state index in [0.717, 1.165) is 0 Å². The molecule has 2 heteroatoms. The maximum Gasteiger partial charge on any atom is 0.0843 e. The molecule has 2 nitrogen and oxygen atoms in total. The first-order valence-corrected chi connectivity index (χ1v) is 3.90. The number of pyridine rings is 1. The first-order valence-electron chi connectivity index (χ1n) is 6.90. The molecule has 1 atom stereocenters. The summed E-state index contributed by atoms with van der Waals surface area (Å²) in [6.07, 6.45) is -1.90. The molecule has 2 rings (SSSR count). The predicted molar refractivity (Wildman–Crippen MR) is 48.8 cm³/mol. The van der Waals surface area contributed by atoms with Gasteiger partial charge in [-0.3, -0.25) is 9.88 Å². The summed E-state index contributed by atoms with van der Waals surface area (Å²) in [6.45, 7) is 0.534. The van der Waals surface area contributed by atoms with Gasteiger partial charge in [0.05, 0.1) is 5.48 Å². The summed E-state index contributed by atoms with van der Waals surface area (Å²) in [5.74, 6) is 0. The van der Waals surface area contributed by atoms with E-state index in [1.54, 1.807) is 11.9 Å². The molecule has 64 valence electrons. The van der Waals surface area contributed by atoms with Crippen LogP contribution >= 0.6 is 0 Å². The van der Waals surface area contributed by atoms with Gasteiger partial charge in [0.15, 0.2) is 0 Å². The smallest absolute Gasteiger partial charge is 0.0843 e. The molecule has 1 aromatic heterocycles. The quantitative estimate of drug-likeness (QED) is 0.636. The third-order valence-corrected chi connectivity index (χ3v) is 2.00. The van der Waals surface area contributed by atoms with E-state index in [9.17, 15) is 0 Å². The largest absolute Gasteiger partial charge is 0.299 e. The molecule has 1 aliphatic rings. The predicted octanol–water partition coefficient (Wildman–Crippen LogP) is 1.85. The van der Waals surface area contributed by atoms with Crippen LogP contribution in [0.4, 0.5) is 0 Å². The van der Waals surface area contributed by atoms with Crippen LogP contribution in [0.25, 0.3) is 0 Å². The van der Waals surface area contributed by atoms with Gasteiger partial charge in [-0.2, -0.15) is 0 Å². The first-order chi connectivity index (χ1) is 8.25. The summed E-state index contributed by atoms with van der Waals surface area (Å²) in [5.41, 5.74) is 0.112. The molecule has 0 N–H and O–H groups in total. The molecule has 12 heavy (non-hydrogen) atoms. The van der Waals surface area contributed by atoms with Crippen molar-refractivity contribution in [1.82, 2.24) is 9.88 Å². The fourth-order valence-electron chi connectivity index (χ4n) is 1.35. The number of rotatable bonds is 1. The fraction of sp³-hybridized carbons (Fsp3) is 0.500. The molecule has 0 aromatic carbocycles. The molecular weight excluding hydrogens is 148 g/mol. The van der Waals surface area contributed by atoms with Crippen molar-refractivity contribution in [3.05, 3.63) is 30.0 Å². The summed E-state index contributed by atoms with van der Waals surface area (Å²) in [4.78, 5) is 5.34. The third-order valence-electron chi connectivity index (χ3n) is 2.00. The molecular formula is C10H14N2. The highest BCUT2D eigenvalue weighted by Gasteiger charge is 2.21. The monoisotopic (exact) mass is 168 g/mol. The van der Waals surface area contributed by atoms with Gasteiger partial charge in [0.2, 0.25) is 0 Å². The van der Waals surface area contributed by atoms with Crippen LogP contribution in [-0.4, -0.2) is 23.5 Å². The van der Waals surface area contributed by atoms with Crippen LogP contribution in [0.15, 0.2) is 24.4 Å². The van der Waals surface area contributed by atoms with Crippen molar-refractivity contribution >= 4 is 0 Å². The highest BCUT2D eigenvalue weighted by Crippen LogP contribution is 2.29. The van der Waals surface area contributed by atoms with E-state index < -0.39 is 18.6 Å². The zero-order valence-corrected chi connectivity index (χ0v) is 6.89. The number of hydrogen-bond donors (Lipinski definition) is 0. The number of hydrogen-bond acceptors (Lipinski definition) is 2. The molecule has 0 aliphatic carbocycles. The summed E-state index contributed by atoms with van der Waals surface area (Å²) in [7, 11) is 1.73. The Balaban J connectivity index is 2.61. The van der Waals surface area contributed by atoms with E-state index >= 15 is 0 Å². The second kappa shape index (κ2) is 3.23. The lowest BCUT2D eigenvalue weighted by atomic mass is 10.1. The Hall–Kier alpha value is -0.890. The first kappa shape index (κ1) is 3.46. The Morgan fingerprint density at radius 3 is 3.50 bits per heavy atom. The Morgan fingerprint density at radius 1 is 1.83 bits per heavy atom. The van der Waals surface area contributed by atoms with Crippen LogP contribution in [0, 0.1) is 0 Å². The molecule has 0 amide bonds. The molecule has 1 aliphatic heterocycles. The molecule has 0 radical (unpaired) electrons. The van der Waals surface area contributed by atoms with Crippen molar-refractivity contribution in [2.75, 3.05) is 13.6 Å². The Morgan fingerprint density at radius 2 is 2.75 bits per heavy atom. The maximum absolute atomic E-state index is 7.95. The minimum atomic E-state index is -1.54. The molecule has 0 bridgehead atoms. The van der Waals surface area contributed by atoms with Crippen LogP contribution < -0.4 is 0 Å². The van der Waals surface area contributed by atoms with Crippen LogP contribution in [0.2, 0.25) is 0 Å². The lowest BCUT2D eigenvalue weighted by Gasteiger charge is -2.18. The molecule has 0 spiro atoms. The molecule has 1 fully saturated rings. The average Bonchev–Trinajstić information content (AvgIpc) is 2.53. The number of likely N-dealkylation sites (tertiary alicyclic amines) is 1. The Kier molecular flexibility index (Phi) is 0.933. The van der Waals surface area contributed by atoms with Crippen molar-refractivity contribution in [2.24, 2.45) is 0 Å². The third kappa shape index (κ3) is 1.34. The van der Waals surface area contributed by atoms with Crippen LogP contribution in [0.1, 0.15) is 32.6 Å². The van der Waals surface area contributed by atoms with E-state index in [4.69, 9.17) is 8.22 Å². The van der Waals surface area contributed by atoms with Crippen molar-refractivity contribution in [3.63, 3.8) is 0 Å². The van der Waals surface area contributed by atoms with Gasteiger partial charge in [-0.25, -0.2) is 0 Å². The van der Waals surface area contributed by atoms with Gasteiger partial charge in [-0.15, -0.1) is 0 Å². The summed E-state index contributed by atoms with van der Waals surface area (Å²) in [6, 6.07) is -1.35. The van der Waals surface area contributed by atoms with Crippen molar-refractivity contribution < 1.29 is 8.22 Å². The SMILES string of the molecule is [2H]c1nc([2H])c([C@H]2N(C)CCC2([2H])[2H])c([2H])c1[2H]. The van der Waals surface area contributed by atoms with Crippen molar-refractivity contribution in [1.29, 1.82) is 0 Å². The van der Waals surface area contributed by atoms with Gasteiger partial charge < -0.3 is 0 Å². The summed E-state index contributed by atoms with van der Waals surface area (Å²) >= 11 is 0. The topological polar surface area (TPSA) is 16.1 Å². The van der Waals surface area contributed by atoms with Gasteiger partial charge >= 0.3 is 0 Å². The Bertz CT molecular complexity index is 490. The van der Waals surface area contributed by atoms with Gasteiger partial charge in [0.1, 0.15) is 0 Å². The van der Waals surface area contributed by atoms with Gasteiger partial charge in [0, 0.05) is 21.1 Å². The van der Waals surface area contributed by atoms with Gasteiger partial charge in [0.25, 0.3) is 0 Å². The zero-order chi connectivity index (χ0) is 13.7. The summed E-state index contributed by atoms with van der Waals surface area (Å²) < 4.78 is 46.5. The molecule has 0 unspecified atom stereocenters. The van der Waals surface area contributed by atoms with Crippen LogP contribution in [0.3, 0.4) is 0 Å². The average molecular weight is 168 g/mol. The van der Waals surface area contributed by atoms with Crippen molar-refractivity contribution in [2.45, 2.75) is 18.8 Å². The van der Waals surface area contributed by atoms with Crippen molar-refractivity contribution in [3.8, 4) is 0 Å². The fourth-order valence-corrected chi connectivity index (χ4v) is 1.35.